The normalized spacial score (nSPS) is 19.0. The van der Waals surface area contributed by atoms with Gasteiger partial charge in [0.25, 0.3) is 0 Å². The van der Waals surface area contributed by atoms with Gasteiger partial charge in [0.05, 0.1) is 16.1 Å². The molecule has 0 heterocycles. The Labute approximate surface area is 209 Å². The van der Waals surface area contributed by atoms with Crippen molar-refractivity contribution in [3.63, 3.8) is 0 Å². The maximum atomic E-state index is 13.4. The molecule has 0 bridgehead atoms. The van der Waals surface area contributed by atoms with Crippen LogP contribution in [-0.2, 0) is 4.79 Å². The summed E-state index contributed by atoms with van der Waals surface area (Å²) < 4.78 is 37.7. The number of carbonyl (C=O) groups is 1. The van der Waals surface area contributed by atoms with Crippen LogP contribution in [0.25, 0.3) is 0 Å². The van der Waals surface area contributed by atoms with Gasteiger partial charge in [-0.1, -0.05) is 48.9 Å². The molecule has 0 aromatic heterocycles. The molecule has 1 unspecified atom stereocenters. The van der Waals surface area contributed by atoms with Crippen molar-refractivity contribution in [1.82, 2.24) is 0 Å². The van der Waals surface area contributed by atoms with Crippen molar-refractivity contribution in [2.75, 3.05) is 13.2 Å². The van der Waals surface area contributed by atoms with Crippen molar-refractivity contribution in [2.45, 2.75) is 57.5 Å². The molecule has 1 N–H and O–H groups in total. The van der Waals surface area contributed by atoms with E-state index in [1.165, 1.54) is 24.3 Å². The molecule has 0 spiro atoms. The third-order valence-corrected chi connectivity index (χ3v) is 6.94. The SMILES string of the molecule is O=C(CCC1CCC(CCC(O)COc2ccc(Cl)c(F)c2)CC1)COc1ccc(Cl)c(F)c1. The van der Waals surface area contributed by atoms with Crippen molar-refractivity contribution in [1.29, 1.82) is 0 Å². The molecular formula is C26H30Cl2F2O4. The Morgan fingerprint density at radius 2 is 1.44 bits per heavy atom. The van der Waals surface area contributed by atoms with Crippen LogP contribution in [0.3, 0.4) is 0 Å². The lowest BCUT2D eigenvalue weighted by molar-refractivity contribution is -0.121. The largest absolute Gasteiger partial charge is 0.491 e. The topological polar surface area (TPSA) is 55.8 Å². The standard InChI is InChI=1S/C26H30Cl2F2O4/c27-23-11-9-21(13-25(23)29)33-15-19(31)7-5-17-1-2-18(4-3-17)6-8-20(32)16-34-22-10-12-24(28)26(30)14-22/h9-14,17-19,31H,1-8,15-16H2. The molecule has 0 amide bonds. The summed E-state index contributed by atoms with van der Waals surface area (Å²) in [6.45, 7) is 0.0439. The lowest BCUT2D eigenvalue weighted by Gasteiger charge is -2.29. The van der Waals surface area contributed by atoms with Gasteiger partial charge in [-0.25, -0.2) is 8.78 Å². The molecular weight excluding hydrogens is 485 g/mol. The Bertz CT molecular complexity index is 948. The van der Waals surface area contributed by atoms with Crippen LogP contribution in [0.2, 0.25) is 10.0 Å². The van der Waals surface area contributed by atoms with E-state index in [0.717, 1.165) is 38.5 Å². The van der Waals surface area contributed by atoms with Gasteiger partial charge in [-0.15, -0.1) is 0 Å². The predicted molar refractivity (Wildman–Crippen MR) is 129 cm³/mol. The number of aliphatic hydroxyl groups excluding tert-OH is 1. The minimum atomic E-state index is -0.608. The second-order valence-electron chi connectivity index (χ2n) is 8.95. The van der Waals surface area contributed by atoms with E-state index in [1.807, 2.05) is 0 Å². The first-order valence-electron chi connectivity index (χ1n) is 11.7. The number of hydrogen-bond donors (Lipinski definition) is 1. The number of carbonyl (C=O) groups excluding carboxylic acids is 1. The molecule has 3 rings (SSSR count). The van der Waals surface area contributed by atoms with Crippen LogP contribution >= 0.6 is 23.2 Å². The Morgan fingerprint density at radius 1 is 0.912 bits per heavy atom. The second kappa shape index (κ2) is 13.3. The Balaban J connectivity index is 1.26. The van der Waals surface area contributed by atoms with E-state index in [4.69, 9.17) is 32.7 Å². The number of ketones is 1. The van der Waals surface area contributed by atoms with Crippen LogP contribution in [0.5, 0.6) is 11.5 Å². The van der Waals surface area contributed by atoms with Gasteiger partial charge in [-0.3, -0.25) is 4.79 Å². The summed E-state index contributed by atoms with van der Waals surface area (Å²) in [4.78, 5) is 12.1. The van der Waals surface area contributed by atoms with Gasteiger partial charge in [-0.05, 0) is 55.4 Å². The van der Waals surface area contributed by atoms with Crippen molar-refractivity contribution in [2.24, 2.45) is 11.8 Å². The molecule has 2 aromatic carbocycles. The predicted octanol–water partition coefficient (Wildman–Crippen LogP) is 7.03. The van der Waals surface area contributed by atoms with Crippen molar-refractivity contribution in [3.05, 3.63) is 58.1 Å². The summed E-state index contributed by atoms with van der Waals surface area (Å²) in [5.41, 5.74) is 0. The summed E-state index contributed by atoms with van der Waals surface area (Å²) >= 11 is 11.3. The van der Waals surface area contributed by atoms with Crippen LogP contribution in [0.1, 0.15) is 51.4 Å². The van der Waals surface area contributed by atoms with Crippen LogP contribution in [0.15, 0.2) is 36.4 Å². The van der Waals surface area contributed by atoms with Crippen LogP contribution in [-0.4, -0.2) is 30.2 Å². The summed E-state index contributed by atoms with van der Waals surface area (Å²) in [6.07, 6.45) is 6.51. The molecule has 186 valence electrons. The molecule has 0 radical (unpaired) electrons. The van der Waals surface area contributed by atoms with Crippen molar-refractivity contribution in [3.8, 4) is 11.5 Å². The molecule has 8 heteroatoms. The van der Waals surface area contributed by atoms with Crippen LogP contribution in [0.4, 0.5) is 8.78 Å². The van der Waals surface area contributed by atoms with Crippen LogP contribution in [0, 0.1) is 23.5 Å². The summed E-state index contributed by atoms with van der Waals surface area (Å²) in [5, 5.41) is 10.3. The average molecular weight is 515 g/mol. The molecule has 1 saturated carbocycles. The van der Waals surface area contributed by atoms with E-state index in [1.54, 1.807) is 12.1 Å². The first-order valence-corrected chi connectivity index (χ1v) is 12.4. The molecule has 1 atom stereocenters. The number of rotatable bonds is 12. The molecule has 1 aliphatic carbocycles. The van der Waals surface area contributed by atoms with E-state index in [0.29, 0.717) is 36.2 Å². The first-order chi connectivity index (χ1) is 16.3. The molecule has 4 nitrogen and oxygen atoms in total. The zero-order valence-electron chi connectivity index (χ0n) is 19.0. The monoisotopic (exact) mass is 514 g/mol. The van der Waals surface area contributed by atoms with Gasteiger partial charge in [0.15, 0.2) is 5.78 Å². The van der Waals surface area contributed by atoms with Gasteiger partial charge in [0.1, 0.15) is 36.3 Å². The maximum absolute atomic E-state index is 13.4. The van der Waals surface area contributed by atoms with Gasteiger partial charge in [-0.2, -0.15) is 0 Å². The lowest BCUT2D eigenvalue weighted by Crippen LogP contribution is -2.21. The zero-order valence-corrected chi connectivity index (χ0v) is 20.5. The Kier molecular flexibility index (Phi) is 10.4. The fourth-order valence-electron chi connectivity index (χ4n) is 4.25. The number of halogens is 4. The fourth-order valence-corrected chi connectivity index (χ4v) is 4.48. The highest BCUT2D eigenvalue weighted by Crippen LogP contribution is 2.34. The van der Waals surface area contributed by atoms with Crippen molar-refractivity contribution < 1.29 is 28.2 Å². The van der Waals surface area contributed by atoms with Gasteiger partial charge in [0, 0.05) is 18.6 Å². The zero-order chi connectivity index (χ0) is 24.5. The molecule has 34 heavy (non-hydrogen) atoms. The summed E-state index contributed by atoms with van der Waals surface area (Å²) in [6, 6.07) is 8.34. The van der Waals surface area contributed by atoms with E-state index in [9.17, 15) is 18.7 Å². The molecule has 1 fully saturated rings. The smallest absolute Gasteiger partial charge is 0.170 e. The van der Waals surface area contributed by atoms with E-state index in [-0.39, 0.29) is 29.0 Å². The van der Waals surface area contributed by atoms with E-state index >= 15 is 0 Å². The average Bonchev–Trinajstić information content (AvgIpc) is 2.83. The molecule has 0 aliphatic heterocycles. The Morgan fingerprint density at radius 3 is 2.00 bits per heavy atom. The second-order valence-corrected chi connectivity index (χ2v) is 9.76. The van der Waals surface area contributed by atoms with E-state index < -0.39 is 17.7 Å². The van der Waals surface area contributed by atoms with Gasteiger partial charge < -0.3 is 14.6 Å². The quantitative estimate of drug-likeness (QED) is 0.330. The van der Waals surface area contributed by atoms with Gasteiger partial charge >= 0.3 is 0 Å². The first kappa shape index (κ1) is 26.7. The maximum Gasteiger partial charge on any atom is 0.170 e. The highest BCUT2D eigenvalue weighted by Gasteiger charge is 2.22. The van der Waals surface area contributed by atoms with Crippen molar-refractivity contribution >= 4 is 29.0 Å². The van der Waals surface area contributed by atoms with E-state index in [2.05, 4.69) is 0 Å². The highest BCUT2D eigenvalue weighted by molar-refractivity contribution is 6.31. The number of ether oxygens (including phenoxy) is 2. The third-order valence-electron chi connectivity index (χ3n) is 6.33. The third kappa shape index (κ3) is 8.71. The van der Waals surface area contributed by atoms with Crippen LogP contribution < -0.4 is 9.47 Å². The number of aliphatic hydroxyl groups is 1. The molecule has 0 saturated heterocycles. The summed E-state index contributed by atoms with van der Waals surface area (Å²) in [5.74, 6) is 0.600. The van der Waals surface area contributed by atoms with Gasteiger partial charge in [0.2, 0.25) is 0 Å². The molecule has 1 aliphatic rings. The minimum absolute atomic E-state index is 0.00109. The fraction of sp³-hybridized carbons (Fsp3) is 0.500. The Hall–Kier alpha value is -1.89. The lowest BCUT2D eigenvalue weighted by atomic mass is 9.78. The number of benzene rings is 2. The number of Topliss-reactive ketones (excluding diaryl/α,β-unsaturated/α-hetero) is 1. The number of hydrogen-bond acceptors (Lipinski definition) is 4. The highest BCUT2D eigenvalue weighted by atomic mass is 35.5. The minimum Gasteiger partial charge on any atom is -0.491 e. The molecule has 2 aromatic rings. The summed E-state index contributed by atoms with van der Waals surface area (Å²) in [7, 11) is 0.